The minimum Gasteiger partial charge on any atom is -0.492 e. The summed E-state index contributed by atoms with van der Waals surface area (Å²) in [6.07, 6.45) is 6.21. The molecule has 1 aromatic carbocycles. The summed E-state index contributed by atoms with van der Waals surface area (Å²) in [7, 11) is 0. The second-order valence-corrected chi connectivity index (χ2v) is 4.88. The second kappa shape index (κ2) is 6.80. The summed E-state index contributed by atoms with van der Waals surface area (Å²) in [6.45, 7) is 1.17. The SMILES string of the molecule is OCc1cc(Cl)cc(Cl)c1OCCCn1ccnc1. The van der Waals surface area contributed by atoms with Crippen LogP contribution in [0.4, 0.5) is 0 Å². The van der Waals surface area contributed by atoms with Gasteiger partial charge in [-0.15, -0.1) is 0 Å². The van der Waals surface area contributed by atoms with Crippen molar-refractivity contribution in [2.24, 2.45) is 0 Å². The smallest absolute Gasteiger partial charge is 0.143 e. The van der Waals surface area contributed by atoms with Crippen molar-refractivity contribution in [1.29, 1.82) is 0 Å². The lowest BCUT2D eigenvalue weighted by Crippen LogP contribution is -2.05. The van der Waals surface area contributed by atoms with E-state index in [0.29, 0.717) is 28.0 Å². The van der Waals surface area contributed by atoms with Crippen molar-refractivity contribution < 1.29 is 9.84 Å². The van der Waals surface area contributed by atoms with Gasteiger partial charge in [-0.3, -0.25) is 0 Å². The summed E-state index contributed by atoms with van der Waals surface area (Å²) in [4.78, 5) is 3.96. The van der Waals surface area contributed by atoms with Gasteiger partial charge in [-0.05, 0) is 18.6 Å². The van der Waals surface area contributed by atoms with E-state index in [9.17, 15) is 5.11 Å². The molecule has 4 nitrogen and oxygen atoms in total. The maximum absolute atomic E-state index is 9.26. The summed E-state index contributed by atoms with van der Waals surface area (Å²) in [5.74, 6) is 0.499. The molecule has 0 saturated heterocycles. The van der Waals surface area contributed by atoms with E-state index < -0.39 is 0 Å². The van der Waals surface area contributed by atoms with Gasteiger partial charge < -0.3 is 14.4 Å². The molecule has 0 amide bonds. The number of halogens is 2. The summed E-state index contributed by atoms with van der Waals surface area (Å²) in [6, 6.07) is 3.26. The molecule has 0 aliphatic carbocycles. The standard InChI is InChI=1S/C13H14Cl2N2O2/c14-11-6-10(8-18)13(12(15)7-11)19-5-1-3-17-4-2-16-9-17/h2,4,6-7,9,18H,1,3,5,8H2. The fraction of sp³-hybridized carbons (Fsp3) is 0.308. The van der Waals surface area contributed by atoms with E-state index in [0.717, 1.165) is 13.0 Å². The Morgan fingerprint density at radius 1 is 1.32 bits per heavy atom. The molecule has 0 saturated carbocycles. The number of imidazole rings is 1. The van der Waals surface area contributed by atoms with Crippen molar-refractivity contribution in [3.05, 3.63) is 46.5 Å². The van der Waals surface area contributed by atoms with Gasteiger partial charge in [0.05, 0.1) is 24.6 Å². The molecular weight excluding hydrogens is 287 g/mol. The first-order valence-electron chi connectivity index (χ1n) is 5.88. The maximum atomic E-state index is 9.26. The number of hydrogen-bond donors (Lipinski definition) is 1. The Morgan fingerprint density at radius 3 is 2.84 bits per heavy atom. The molecule has 2 aromatic rings. The Kier molecular flexibility index (Phi) is 5.07. The summed E-state index contributed by atoms with van der Waals surface area (Å²) >= 11 is 11.9. The van der Waals surface area contributed by atoms with E-state index in [1.165, 1.54) is 0 Å². The first-order chi connectivity index (χ1) is 9.20. The number of aliphatic hydroxyl groups is 1. The van der Waals surface area contributed by atoms with E-state index in [4.69, 9.17) is 27.9 Å². The van der Waals surface area contributed by atoms with Crippen LogP contribution in [0.3, 0.4) is 0 Å². The van der Waals surface area contributed by atoms with Gasteiger partial charge >= 0.3 is 0 Å². The highest BCUT2D eigenvalue weighted by Crippen LogP contribution is 2.32. The quantitative estimate of drug-likeness (QED) is 0.834. The molecule has 6 heteroatoms. The van der Waals surface area contributed by atoms with Gasteiger partial charge in [0.2, 0.25) is 0 Å². The average Bonchev–Trinajstić information content (AvgIpc) is 2.89. The van der Waals surface area contributed by atoms with Gasteiger partial charge in [-0.1, -0.05) is 23.2 Å². The first kappa shape index (κ1) is 14.2. The molecular formula is C13H14Cl2N2O2. The van der Waals surface area contributed by atoms with E-state index in [1.54, 1.807) is 24.7 Å². The molecule has 1 N–H and O–H groups in total. The Balaban J connectivity index is 1.92. The molecule has 0 unspecified atom stereocenters. The molecule has 19 heavy (non-hydrogen) atoms. The lowest BCUT2D eigenvalue weighted by atomic mass is 10.2. The number of aliphatic hydroxyl groups excluding tert-OH is 1. The zero-order valence-electron chi connectivity index (χ0n) is 10.2. The van der Waals surface area contributed by atoms with Crippen LogP contribution >= 0.6 is 23.2 Å². The maximum Gasteiger partial charge on any atom is 0.143 e. The van der Waals surface area contributed by atoms with Crippen LogP contribution in [0, 0.1) is 0 Å². The predicted molar refractivity (Wildman–Crippen MR) is 74.7 cm³/mol. The van der Waals surface area contributed by atoms with Crippen LogP contribution in [0.25, 0.3) is 0 Å². The third-order valence-corrected chi connectivity index (χ3v) is 3.12. The highest BCUT2D eigenvalue weighted by molar-refractivity contribution is 6.35. The Labute approximate surface area is 121 Å². The number of ether oxygens (including phenoxy) is 1. The van der Waals surface area contributed by atoms with Crippen molar-refractivity contribution in [3.8, 4) is 5.75 Å². The van der Waals surface area contributed by atoms with Crippen LogP contribution in [0.2, 0.25) is 10.0 Å². The third kappa shape index (κ3) is 3.86. The number of hydrogen-bond acceptors (Lipinski definition) is 3. The van der Waals surface area contributed by atoms with Crippen LogP contribution in [0.1, 0.15) is 12.0 Å². The highest BCUT2D eigenvalue weighted by Gasteiger charge is 2.10. The van der Waals surface area contributed by atoms with Gasteiger partial charge in [0.15, 0.2) is 0 Å². The molecule has 1 heterocycles. The lowest BCUT2D eigenvalue weighted by molar-refractivity contribution is 0.259. The molecule has 0 fully saturated rings. The zero-order chi connectivity index (χ0) is 13.7. The van der Waals surface area contributed by atoms with Crippen LogP contribution in [-0.4, -0.2) is 21.3 Å². The highest BCUT2D eigenvalue weighted by atomic mass is 35.5. The number of nitrogens with zero attached hydrogens (tertiary/aromatic N) is 2. The van der Waals surface area contributed by atoms with Crippen LogP contribution in [0.5, 0.6) is 5.75 Å². The summed E-state index contributed by atoms with van der Waals surface area (Å²) < 4.78 is 7.60. The largest absolute Gasteiger partial charge is 0.492 e. The van der Waals surface area contributed by atoms with Crippen molar-refractivity contribution in [2.45, 2.75) is 19.6 Å². The fourth-order valence-corrected chi connectivity index (χ4v) is 2.32. The monoisotopic (exact) mass is 300 g/mol. The molecule has 0 aliphatic rings. The normalized spacial score (nSPS) is 10.7. The Bertz CT molecular complexity index is 530. The first-order valence-corrected chi connectivity index (χ1v) is 6.63. The van der Waals surface area contributed by atoms with Gasteiger partial charge in [0, 0.05) is 29.5 Å². The zero-order valence-corrected chi connectivity index (χ0v) is 11.7. The van der Waals surface area contributed by atoms with E-state index in [2.05, 4.69) is 4.98 Å². The summed E-state index contributed by atoms with van der Waals surface area (Å²) in [5.41, 5.74) is 0.597. The van der Waals surface area contributed by atoms with Gasteiger partial charge in [0.1, 0.15) is 5.75 Å². The molecule has 102 valence electrons. The lowest BCUT2D eigenvalue weighted by Gasteiger charge is -2.12. The van der Waals surface area contributed by atoms with Crippen LogP contribution in [0.15, 0.2) is 30.9 Å². The van der Waals surface area contributed by atoms with E-state index in [-0.39, 0.29) is 6.61 Å². The molecule has 0 aliphatic heterocycles. The number of aromatic nitrogens is 2. The van der Waals surface area contributed by atoms with E-state index >= 15 is 0 Å². The topological polar surface area (TPSA) is 47.3 Å². The minimum absolute atomic E-state index is 0.156. The van der Waals surface area contributed by atoms with E-state index in [1.807, 2.05) is 10.8 Å². The molecule has 1 aromatic heterocycles. The Hall–Kier alpha value is -1.23. The second-order valence-electron chi connectivity index (χ2n) is 4.04. The fourth-order valence-electron chi connectivity index (χ4n) is 1.73. The molecule has 0 spiro atoms. The van der Waals surface area contributed by atoms with Crippen LogP contribution < -0.4 is 4.74 Å². The average molecular weight is 301 g/mol. The third-order valence-electron chi connectivity index (χ3n) is 2.62. The van der Waals surface area contributed by atoms with Crippen LogP contribution in [-0.2, 0) is 13.2 Å². The molecule has 0 atom stereocenters. The van der Waals surface area contributed by atoms with Gasteiger partial charge in [-0.2, -0.15) is 0 Å². The number of benzene rings is 1. The molecule has 0 radical (unpaired) electrons. The van der Waals surface area contributed by atoms with Crippen molar-refractivity contribution in [2.75, 3.05) is 6.61 Å². The minimum atomic E-state index is -0.156. The van der Waals surface area contributed by atoms with Gasteiger partial charge in [0.25, 0.3) is 0 Å². The summed E-state index contributed by atoms with van der Waals surface area (Å²) in [5, 5.41) is 10.2. The van der Waals surface area contributed by atoms with Crippen molar-refractivity contribution in [1.82, 2.24) is 9.55 Å². The predicted octanol–water partition coefficient (Wildman–Crippen LogP) is 3.15. The molecule has 2 rings (SSSR count). The number of rotatable bonds is 6. The van der Waals surface area contributed by atoms with Crippen molar-refractivity contribution in [3.63, 3.8) is 0 Å². The van der Waals surface area contributed by atoms with Crippen molar-refractivity contribution >= 4 is 23.2 Å². The number of aryl methyl sites for hydroxylation is 1. The van der Waals surface area contributed by atoms with Gasteiger partial charge in [-0.25, -0.2) is 4.98 Å². The molecule has 0 bridgehead atoms. The Morgan fingerprint density at radius 2 is 2.16 bits per heavy atom.